The normalized spacial score (nSPS) is 10.5. The van der Waals surface area contributed by atoms with Gasteiger partial charge in [-0.2, -0.15) is 0 Å². The molecule has 7 nitrogen and oxygen atoms in total. The van der Waals surface area contributed by atoms with Crippen molar-refractivity contribution in [2.24, 2.45) is 0 Å². The highest BCUT2D eigenvalue weighted by Gasteiger charge is 2.17. The molecule has 3 aromatic rings. The lowest BCUT2D eigenvalue weighted by molar-refractivity contribution is -0.125. The molecule has 1 aromatic heterocycles. The van der Waals surface area contributed by atoms with E-state index in [1.54, 1.807) is 26.1 Å². The third-order valence-electron chi connectivity index (χ3n) is 3.96. The zero-order valence-corrected chi connectivity index (χ0v) is 16.8. The highest BCUT2D eigenvalue weighted by molar-refractivity contribution is 7.99. The SMILES string of the molecule is COc1ccccc1OCc1nnc(SCC(=O)N(C)C)n1-c1ccccc1. The molecule has 8 heteroatoms. The molecule has 0 aliphatic heterocycles. The standard InChI is InChI=1S/C20H22N4O3S/c1-23(2)19(25)14-28-20-22-21-18(24(20)15-9-5-4-6-10-15)13-27-17-12-8-7-11-16(17)26-3/h4-12H,13-14H2,1-3H3. The summed E-state index contributed by atoms with van der Waals surface area (Å²) in [5.41, 5.74) is 0.908. The fourth-order valence-corrected chi connectivity index (χ4v) is 3.41. The van der Waals surface area contributed by atoms with E-state index in [4.69, 9.17) is 9.47 Å². The number of carbonyl (C=O) groups excluding carboxylic acids is 1. The van der Waals surface area contributed by atoms with Crippen molar-refractivity contribution in [1.29, 1.82) is 0 Å². The van der Waals surface area contributed by atoms with Crippen molar-refractivity contribution < 1.29 is 14.3 Å². The van der Waals surface area contributed by atoms with Crippen molar-refractivity contribution in [1.82, 2.24) is 19.7 Å². The van der Waals surface area contributed by atoms with Crippen LogP contribution in [0.5, 0.6) is 11.5 Å². The molecule has 0 bridgehead atoms. The maximum absolute atomic E-state index is 12.0. The smallest absolute Gasteiger partial charge is 0.232 e. The molecule has 0 unspecified atom stereocenters. The Morgan fingerprint density at radius 1 is 1.04 bits per heavy atom. The van der Waals surface area contributed by atoms with E-state index in [1.807, 2.05) is 59.2 Å². The fourth-order valence-electron chi connectivity index (χ4n) is 2.46. The monoisotopic (exact) mass is 398 g/mol. The molecule has 0 saturated heterocycles. The van der Waals surface area contributed by atoms with Gasteiger partial charge in [0.05, 0.1) is 12.9 Å². The maximum Gasteiger partial charge on any atom is 0.232 e. The molecule has 0 aliphatic rings. The molecule has 1 heterocycles. The van der Waals surface area contributed by atoms with E-state index in [0.717, 1.165) is 5.69 Å². The largest absolute Gasteiger partial charge is 0.493 e. The predicted octanol–water partition coefficient (Wildman–Crippen LogP) is 3.04. The van der Waals surface area contributed by atoms with Gasteiger partial charge in [-0.1, -0.05) is 42.1 Å². The third kappa shape index (κ3) is 4.64. The molecule has 0 radical (unpaired) electrons. The lowest BCUT2D eigenvalue weighted by Crippen LogP contribution is -2.23. The first-order chi connectivity index (χ1) is 13.6. The van der Waals surface area contributed by atoms with Crippen LogP contribution in [0.1, 0.15) is 5.82 Å². The number of rotatable bonds is 8. The minimum atomic E-state index is 0.0134. The van der Waals surface area contributed by atoms with E-state index in [2.05, 4.69) is 10.2 Å². The molecule has 0 N–H and O–H groups in total. The number of carbonyl (C=O) groups is 1. The molecular weight excluding hydrogens is 376 g/mol. The van der Waals surface area contributed by atoms with Crippen LogP contribution in [0.15, 0.2) is 59.8 Å². The molecule has 1 amide bonds. The van der Waals surface area contributed by atoms with Crippen LogP contribution in [-0.2, 0) is 11.4 Å². The summed E-state index contributed by atoms with van der Waals surface area (Å²) in [6.07, 6.45) is 0. The van der Waals surface area contributed by atoms with Crippen molar-refractivity contribution in [2.75, 3.05) is 27.0 Å². The summed E-state index contributed by atoms with van der Waals surface area (Å²) in [7, 11) is 5.07. The number of thioether (sulfide) groups is 1. The van der Waals surface area contributed by atoms with Crippen molar-refractivity contribution in [3.05, 3.63) is 60.4 Å². The van der Waals surface area contributed by atoms with Gasteiger partial charge in [0, 0.05) is 19.8 Å². The van der Waals surface area contributed by atoms with E-state index in [9.17, 15) is 4.79 Å². The number of aromatic nitrogens is 3. The van der Waals surface area contributed by atoms with Gasteiger partial charge in [-0.15, -0.1) is 10.2 Å². The van der Waals surface area contributed by atoms with E-state index < -0.39 is 0 Å². The minimum absolute atomic E-state index is 0.0134. The Morgan fingerprint density at radius 3 is 2.39 bits per heavy atom. The quantitative estimate of drug-likeness (QED) is 0.543. The van der Waals surface area contributed by atoms with Crippen LogP contribution >= 0.6 is 11.8 Å². The van der Waals surface area contributed by atoms with Crippen molar-refractivity contribution in [3.63, 3.8) is 0 Å². The van der Waals surface area contributed by atoms with E-state index in [0.29, 0.717) is 22.5 Å². The molecular formula is C20H22N4O3S. The Kier molecular flexibility index (Phi) is 6.54. The van der Waals surface area contributed by atoms with Crippen LogP contribution in [0.25, 0.3) is 5.69 Å². The lowest BCUT2D eigenvalue weighted by atomic mass is 10.3. The molecule has 0 saturated carbocycles. The van der Waals surface area contributed by atoms with Crippen LogP contribution in [-0.4, -0.2) is 52.5 Å². The first-order valence-electron chi connectivity index (χ1n) is 8.68. The zero-order valence-electron chi connectivity index (χ0n) is 16.0. The van der Waals surface area contributed by atoms with E-state index in [-0.39, 0.29) is 18.3 Å². The van der Waals surface area contributed by atoms with Crippen LogP contribution in [0.2, 0.25) is 0 Å². The number of methoxy groups -OCH3 is 1. The van der Waals surface area contributed by atoms with Gasteiger partial charge in [-0.05, 0) is 24.3 Å². The van der Waals surface area contributed by atoms with Crippen molar-refractivity contribution in [2.45, 2.75) is 11.8 Å². The van der Waals surface area contributed by atoms with Gasteiger partial charge < -0.3 is 14.4 Å². The number of amides is 1. The lowest BCUT2D eigenvalue weighted by Gasteiger charge is -2.13. The highest BCUT2D eigenvalue weighted by Crippen LogP contribution is 2.28. The topological polar surface area (TPSA) is 69.5 Å². The van der Waals surface area contributed by atoms with Crippen molar-refractivity contribution in [3.8, 4) is 17.2 Å². The summed E-state index contributed by atoms with van der Waals surface area (Å²) in [6, 6.07) is 17.2. The Labute approximate surface area is 168 Å². The molecule has 0 aliphatic carbocycles. The van der Waals surface area contributed by atoms with Crippen LogP contribution < -0.4 is 9.47 Å². The van der Waals surface area contributed by atoms with Crippen LogP contribution in [0, 0.1) is 0 Å². The van der Waals surface area contributed by atoms with Gasteiger partial charge in [0.15, 0.2) is 22.5 Å². The molecule has 0 atom stereocenters. The average Bonchev–Trinajstić information content (AvgIpc) is 3.13. The number of para-hydroxylation sites is 3. The Bertz CT molecular complexity index is 928. The van der Waals surface area contributed by atoms with Crippen LogP contribution in [0.3, 0.4) is 0 Å². The fraction of sp³-hybridized carbons (Fsp3) is 0.250. The summed E-state index contributed by atoms with van der Waals surface area (Å²) in [4.78, 5) is 13.5. The van der Waals surface area contributed by atoms with E-state index >= 15 is 0 Å². The first-order valence-corrected chi connectivity index (χ1v) is 9.67. The number of ether oxygens (including phenoxy) is 2. The Morgan fingerprint density at radius 2 is 1.71 bits per heavy atom. The van der Waals surface area contributed by atoms with Gasteiger partial charge in [-0.3, -0.25) is 9.36 Å². The van der Waals surface area contributed by atoms with Crippen LogP contribution in [0.4, 0.5) is 0 Å². The van der Waals surface area contributed by atoms with Gasteiger partial charge in [-0.25, -0.2) is 0 Å². The molecule has 0 spiro atoms. The number of hydrogen-bond donors (Lipinski definition) is 0. The van der Waals surface area contributed by atoms with Gasteiger partial charge >= 0.3 is 0 Å². The highest BCUT2D eigenvalue weighted by atomic mass is 32.2. The summed E-state index contributed by atoms with van der Waals surface area (Å²) < 4.78 is 13.2. The number of nitrogens with zero attached hydrogens (tertiary/aromatic N) is 4. The molecule has 3 rings (SSSR count). The van der Waals surface area contributed by atoms with Gasteiger partial charge in [0.25, 0.3) is 0 Å². The number of hydrogen-bond acceptors (Lipinski definition) is 6. The van der Waals surface area contributed by atoms with E-state index in [1.165, 1.54) is 11.8 Å². The molecule has 146 valence electrons. The summed E-state index contributed by atoms with van der Waals surface area (Å²) in [5, 5.41) is 9.20. The Balaban J connectivity index is 1.85. The predicted molar refractivity (Wildman–Crippen MR) is 108 cm³/mol. The first kappa shape index (κ1) is 19.8. The maximum atomic E-state index is 12.0. The summed E-state index contributed by atoms with van der Waals surface area (Å²) in [5.74, 6) is 2.21. The van der Waals surface area contributed by atoms with Crippen molar-refractivity contribution >= 4 is 17.7 Å². The van der Waals surface area contributed by atoms with Gasteiger partial charge in [0.1, 0.15) is 6.61 Å². The minimum Gasteiger partial charge on any atom is -0.493 e. The molecule has 2 aromatic carbocycles. The second-order valence-corrected chi connectivity index (χ2v) is 7.03. The second-order valence-electron chi connectivity index (χ2n) is 6.09. The second kappa shape index (κ2) is 9.27. The summed E-state index contributed by atoms with van der Waals surface area (Å²) in [6.45, 7) is 0.213. The zero-order chi connectivity index (χ0) is 19.9. The third-order valence-corrected chi connectivity index (χ3v) is 4.88. The molecule has 28 heavy (non-hydrogen) atoms. The van der Waals surface area contributed by atoms with Gasteiger partial charge in [0.2, 0.25) is 5.91 Å². The Hall–Kier alpha value is -3.00. The molecule has 0 fully saturated rings. The summed E-state index contributed by atoms with van der Waals surface area (Å²) >= 11 is 1.35. The average molecular weight is 398 g/mol. The number of benzene rings is 2.